The smallest absolute Gasteiger partial charge is 0.261 e. The molecule has 0 aromatic heterocycles. The Morgan fingerprint density at radius 2 is 1.13 bits per heavy atom. The molecule has 0 spiro atoms. The Morgan fingerprint density at radius 1 is 0.630 bits per heavy atom. The van der Waals surface area contributed by atoms with Crippen molar-refractivity contribution in [2.24, 2.45) is 11.1 Å². The molecule has 3 aliphatic heterocycles. The molecule has 0 radical (unpaired) electrons. The summed E-state index contributed by atoms with van der Waals surface area (Å²) in [6, 6.07) is 9.45. The number of rotatable bonds is 18. The molecule has 13 heteroatoms. The van der Waals surface area contributed by atoms with Crippen molar-refractivity contribution in [3.63, 3.8) is 0 Å². The van der Waals surface area contributed by atoms with Crippen LogP contribution < -0.4 is 15.2 Å². The summed E-state index contributed by atoms with van der Waals surface area (Å²) in [4.78, 5) is 81.6. The number of allylic oxidation sites excluding steroid dienone is 1. The van der Waals surface area contributed by atoms with Crippen molar-refractivity contribution in [3.05, 3.63) is 94.8 Å². The van der Waals surface area contributed by atoms with Crippen LogP contribution in [-0.4, -0.2) is 96.1 Å². The fourth-order valence-corrected chi connectivity index (χ4v) is 6.23. The number of hydrogen-bond donors (Lipinski definition) is 1. The second-order valence-electron chi connectivity index (χ2n) is 13.7. The number of unbranched alkanes of at least 4 members (excludes halogenated alkanes) is 2. The zero-order valence-corrected chi connectivity index (χ0v) is 31.2. The van der Waals surface area contributed by atoms with Crippen LogP contribution in [0, 0.1) is 5.41 Å². The van der Waals surface area contributed by atoms with Crippen molar-refractivity contribution in [3.8, 4) is 11.5 Å². The highest BCUT2D eigenvalue weighted by Gasteiger charge is 2.38. The average molecular weight is 741 g/mol. The van der Waals surface area contributed by atoms with E-state index in [2.05, 4.69) is 6.58 Å². The zero-order valence-electron chi connectivity index (χ0n) is 31.2. The summed E-state index contributed by atoms with van der Waals surface area (Å²) >= 11 is 0. The van der Waals surface area contributed by atoms with Crippen molar-refractivity contribution in [2.75, 3.05) is 46.0 Å². The minimum absolute atomic E-state index is 0.0152. The third-order valence-corrected chi connectivity index (χ3v) is 9.62. The molecule has 2 N–H and O–H groups in total. The standard InChI is InChI=1S/C41H48N4O9/c1-5-8-19-44-37(48)31-15-12-29(21-33(31)39(44)50)53-25-41(23-42,24-52-28-11-10-27(4)36(47)43(18-7-3)35(46)17-14-28)26-54-30-13-16-32-34(22-30)40(51)45(38(32)49)20-9-6-2/h10-16,21-22H,4-9,17-20,23-26,42H2,1-3H3/b11-10-,28-14+. The number of hydrogen-bond acceptors (Lipinski definition) is 10. The minimum atomic E-state index is -1.06. The van der Waals surface area contributed by atoms with E-state index >= 15 is 0 Å². The van der Waals surface area contributed by atoms with Gasteiger partial charge < -0.3 is 19.9 Å². The molecule has 6 amide bonds. The van der Waals surface area contributed by atoms with Crippen molar-refractivity contribution < 1.29 is 43.0 Å². The Hall–Kier alpha value is -5.56. The van der Waals surface area contributed by atoms with Gasteiger partial charge in [0.1, 0.15) is 37.1 Å². The Bertz CT molecular complexity index is 1810. The van der Waals surface area contributed by atoms with Gasteiger partial charge in [0.25, 0.3) is 29.5 Å². The van der Waals surface area contributed by atoms with Crippen molar-refractivity contribution >= 4 is 35.4 Å². The molecule has 0 fully saturated rings. The predicted octanol–water partition coefficient (Wildman–Crippen LogP) is 5.06. The highest BCUT2D eigenvalue weighted by atomic mass is 16.5. The molecule has 0 aliphatic carbocycles. The molecule has 286 valence electrons. The van der Waals surface area contributed by atoms with Crippen LogP contribution in [0.15, 0.2) is 72.5 Å². The number of amides is 6. The summed E-state index contributed by atoms with van der Waals surface area (Å²) in [5, 5.41) is 0. The van der Waals surface area contributed by atoms with Crippen LogP contribution in [0.25, 0.3) is 0 Å². The number of nitrogens with two attached hydrogens (primary N) is 1. The van der Waals surface area contributed by atoms with Crippen LogP contribution in [0.2, 0.25) is 0 Å². The molecule has 13 nitrogen and oxygen atoms in total. The maximum absolute atomic E-state index is 13.1. The predicted molar refractivity (Wildman–Crippen MR) is 200 cm³/mol. The minimum Gasteiger partial charge on any atom is -0.493 e. The third kappa shape index (κ3) is 8.46. The van der Waals surface area contributed by atoms with Crippen LogP contribution in [0.1, 0.15) is 101 Å². The number of carbonyl (C=O) groups is 6. The van der Waals surface area contributed by atoms with E-state index < -0.39 is 11.3 Å². The Labute approximate surface area is 315 Å². The van der Waals surface area contributed by atoms with Crippen molar-refractivity contribution in [1.29, 1.82) is 0 Å². The number of imide groups is 3. The summed E-state index contributed by atoms with van der Waals surface area (Å²) in [6.45, 7) is 10.4. The lowest BCUT2D eigenvalue weighted by Crippen LogP contribution is -2.45. The quantitative estimate of drug-likeness (QED) is 0.161. The monoisotopic (exact) mass is 740 g/mol. The Kier molecular flexibility index (Phi) is 12.9. The Morgan fingerprint density at radius 3 is 1.61 bits per heavy atom. The molecule has 0 bridgehead atoms. The molecule has 0 unspecified atom stereocenters. The lowest BCUT2D eigenvalue weighted by Gasteiger charge is -2.32. The first kappa shape index (κ1) is 39.6. The lowest BCUT2D eigenvalue weighted by atomic mass is 9.91. The summed E-state index contributed by atoms with van der Waals surface area (Å²) in [6.07, 6.45) is 8.19. The van der Waals surface area contributed by atoms with Gasteiger partial charge in [0.15, 0.2) is 0 Å². The number of carbonyl (C=O) groups excluding carboxylic acids is 6. The van der Waals surface area contributed by atoms with E-state index in [0.717, 1.165) is 12.8 Å². The summed E-state index contributed by atoms with van der Waals surface area (Å²) in [5.41, 5.74) is 6.62. The molecule has 2 aromatic rings. The highest BCUT2D eigenvalue weighted by Crippen LogP contribution is 2.31. The molecule has 3 heterocycles. The lowest BCUT2D eigenvalue weighted by molar-refractivity contribution is -0.141. The molecule has 0 atom stereocenters. The van der Waals surface area contributed by atoms with Crippen LogP contribution in [0.3, 0.4) is 0 Å². The third-order valence-electron chi connectivity index (χ3n) is 9.62. The summed E-state index contributed by atoms with van der Waals surface area (Å²) in [5.74, 6) is -1.34. The fraction of sp³-hybridized carbons (Fsp3) is 0.415. The molecule has 2 aromatic carbocycles. The maximum Gasteiger partial charge on any atom is 0.261 e. The molecule has 54 heavy (non-hydrogen) atoms. The van der Waals surface area contributed by atoms with E-state index in [1.165, 1.54) is 32.9 Å². The number of fused-ring (bicyclic) bond motifs is 2. The van der Waals surface area contributed by atoms with E-state index in [0.29, 0.717) is 60.7 Å². The van der Waals surface area contributed by atoms with Gasteiger partial charge in [-0.2, -0.15) is 0 Å². The van der Waals surface area contributed by atoms with E-state index in [4.69, 9.17) is 19.9 Å². The number of benzene rings is 2. The van der Waals surface area contributed by atoms with Crippen LogP contribution in [0.5, 0.6) is 11.5 Å². The Balaban J connectivity index is 1.39. The van der Waals surface area contributed by atoms with Crippen molar-refractivity contribution in [2.45, 2.75) is 59.3 Å². The van der Waals surface area contributed by atoms with Gasteiger partial charge in [0.2, 0.25) is 5.91 Å². The first-order valence-electron chi connectivity index (χ1n) is 18.5. The van der Waals surface area contributed by atoms with Crippen LogP contribution in [0.4, 0.5) is 0 Å². The normalized spacial score (nSPS) is 17.6. The van der Waals surface area contributed by atoms with Gasteiger partial charge in [-0.3, -0.25) is 43.5 Å². The zero-order chi connectivity index (χ0) is 39.0. The first-order chi connectivity index (χ1) is 26.0. The fourth-order valence-electron chi connectivity index (χ4n) is 6.23. The second-order valence-corrected chi connectivity index (χ2v) is 13.7. The SMILES string of the molecule is C=C1/C=C\C(OCC(CN)(COc2ccc3c(c2)C(=O)N(CCCC)C3=O)COc2ccc3c(c2)C(=O)N(CCCC)C3=O)=C/CC(=O)N(CCC)C1=O. The van der Waals surface area contributed by atoms with E-state index in [1.807, 2.05) is 20.8 Å². The summed E-state index contributed by atoms with van der Waals surface area (Å²) in [7, 11) is 0. The number of ether oxygens (including phenoxy) is 3. The topological polar surface area (TPSA) is 166 Å². The highest BCUT2D eigenvalue weighted by molar-refractivity contribution is 6.22. The van der Waals surface area contributed by atoms with Gasteiger partial charge in [-0.1, -0.05) is 40.2 Å². The molecular formula is C41H48N4O9. The first-order valence-corrected chi connectivity index (χ1v) is 18.5. The molecule has 3 aliphatic rings. The average Bonchev–Trinajstić information content (AvgIpc) is 3.58. The maximum atomic E-state index is 13.1. The summed E-state index contributed by atoms with van der Waals surface area (Å²) < 4.78 is 18.7. The molecule has 0 saturated heterocycles. The van der Waals surface area contributed by atoms with Gasteiger partial charge in [-0.05, 0) is 73.9 Å². The van der Waals surface area contributed by atoms with Crippen LogP contribution >= 0.6 is 0 Å². The number of nitrogens with zero attached hydrogens (tertiary/aromatic N) is 3. The largest absolute Gasteiger partial charge is 0.493 e. The van der Waals surface area contributed by atoms with Gasteiger partial charge in [-0.15, -0.1) is 0 Å². The van der Waals surface area contributed by atoms with Gasteiger partial charge in [0, 0.05) is 38.2 Å². The van der Waals surface area contributed by atoms with E-state index in [1.54, 1.807) is 36.4 Å². The van der Waals surface area contributed by atoms with Gasteiger partial charge in [-0.25, -0.2) is 0 Å². The molecule has 0 saturated carbocycles. The van der Waals surface area contributed by atoms with Crippen LogP contribution in [-0.2, 0) is 14.3 Å². The van der Waals surface area contributed by atoms with Crippen molar-refractivity contribution in [1.82, 2.24) is 14.7 Å². The van der Waals surface area contributed by atoms with Gasteiger partial charge >= 0.3 is 0 Å². The molecular weight excluding hydrogens is 692 g/mol. The second kappa shape index (κ2) is 17.5. The molecule has 5 rings (SSSR count). The van der Waals surface area contributed by atoms with E-state index in [-0.39, 0.29) is 85.6 Å². The van der Waals surface area contributed by atoms with Gasteiger partial charge in [0.05, 0.1) is 27.7 Å². The van der Waals surface area contributed by atoms with E-state index in [9.17, 15) is 28.8 Å².